The van der Waals surface area contributed by atoms with E-state index in [-0.39, 0.29) is 0 Å². The molecule has 2 aliphatic heterocycles. The van der Waals surface area contributed by atoms with Crippen LogP contribution in [0.15, 0.2) is 24.7 Å². The maximum Gasteiger partial charge on any atom is 0.179 e. The van der Waals surface area contributed by atoms with Gasteiger partial charge in [-0.05, 0) is 32.3 Å². The van der Waals surface area contributed by atoms with Gasteiger partial charge in [0, 0.05) is 55.2 Å². The van der Waals surface area contributed by atoms with Gasteiger partial charge in [-0.2, -0.15) is 20.7 Å². The Morgan fingerprint density at radius 3 is 2.53 bits per heavy atom. The highest BCUT2D eigenvalue weighted by atomic mass is 16.5. The fourth-order valence-corrected chi connectivity index (χ4v) is 5.17. The standard InChI is InChI=1S/C23H26N8O/c1-16-21(17-9-22(32-2)23-18(10-24)11-26-30(23)13-17)12-27-31(16)19-4-7-29(8-5-19)20-3-6-28(14-20)15-25/h9,11-13,19-20H,3-8,14H2,1-2H3/t20-/m0/s1. The van der Waals surface area contributed by atoms with E-state index in [9.17, 15) is 5.26 Å². The summed E-state index contributed by atoms with van der Waals surface area (Å²) in [5.41, 5.74) is 4.30. The van der Waals surface area contributed by atoms with E-state index in [1.165, 1.54) is 0 Å². The molecule has 9 nitrogen and oxygen atoms in total. The van der Waals surface area contributed by atoms with E-state index in [2.05, 4.69) is 33.9 Å². The number of fused-ring (bicyclic) bond motifs is 1. The van der Waals surface area contributed by atoms with Gasteiger partial charge < -0.3 is 9.64 Å². The molecule has 32 heavy (non-hydrogen) atoms. The van der Waals surface area contributed by atoms with Gasteiger partial charge in [0.05, 0.1) is 25.5 Å². The lowest BCUT2D eigenvalue weighted by atomic mass is 10.0. The second-order valence-corrected chi connectivity index (χ2v) is 8.60. The summed E-state index contributed by atoms with van der Waals surface area (Å²) in [5.74, 6) is 0.625. The zero-order valence-corrected chi connectivity index (χ0v) is 18.4. The van der Waals surface area contributed by atoms with Crippen LogP contribution in [-0.4, -0.2) is 68.5 Å². The van der Waals surface area contributed by atoms with E-state index < -0.39 is 0 Å². The lowest BCUT2D eigenvalue weighted by Gasteiger charge is -2.36. The Kier molecular flexibility index (Phi) is 5.20. The number of methoxy groups -OCH3 is 1. The molecular formula is C23H26N8O. The lowest BCUT2D eigenvalue weighted by Crippen LogP contribution is -2.43. The molecule has 0 radical (unpaired) electrons. The van der Waals surface area contributed by atoms with Gasteiger partial charge in [-0.25, -0.2) is 4.52 Å². The Bertz CT molecular complexity index is 1220. The van der Waals surface area contributed by atoms with Gasteiger partial charge >= 0.3 is 0 Å². The molecule has 0 bridgehead atoms. The number of rotatable bonds is 4. The quantitative estimate of drug-likeness (QED) is 0.587. The van der Waals surface area contributed by atoms with Crippen molar-refractivity contribution >= 4 is 5.52 Å². The highest BCUT2D eigenvalue weighted by Crippen LogP contribution is 2.34. The molecule has 0 unspecified atom stereocenters. The number of nitriles is 2. The maximum atomic E-state index is 9.34. The minimum Gasteiger partial charge on any atom is -0.494 e. The highest BCUT2D eigenvalue weighted by molar-refractivity contribution is 5.75. The van der Waals surface area contributed by atoms with Crippen LogP contribution in [0.1, 0.15) is 36.6 Å². The molecule has 5 rings (SSSR count). The summed E-state index contributed by atoms with van der Waals surface area (Å²) in [6, 6.07) is 4.99. The molecule has 164 valence electrons. The first-order valence-electron chi connectivity index (χ1n) is 11.0. The molecule has 0 aliphatic carbocycles. The molecule has 2 saturated heterocycles. The third kappa shape index (κ3) is 3.35. The van der Waals surface area contributed by atoms with Crippen LogP contribution >= 0.6 is 0 Å². The summed E-state index contributed by atoms with van der Waals surface area (Å²) in [4.78, 5) is 4.40. The molecular weight excluding hydrogens is 404 g/mol. The molecule has 2 aliphatic rings. The number of likely N-dealkylation sites (tertiary alicyclic amines) is 2. The van der Waals surface area contributed by atoms with Crippen molar-refractivity contribution in [3.63, 3.8) is 0 Å². The summed E-state index contributed by atoms with van der Waals surface area (Å²) in [6.45, 7) is 5.91. The molecule has 3 aromatic rings. The molecule has 0 aromatic carbocycles. The average molecular weight is 431 g/mol. The van der Waals surface area contributed by atoms with Crippen molar-refractivity contribution in [3.8, 4) is 29.1 Å². The SMILES string of the molecule is COc1cc(-c2cnn(C3CCN([C@H]4CCN(C#N)C4)CC3)c2C)cn2ncc(C#N)c12. The van der Waals surface area contributed by atoms with E-state index in [4.69, 9.17) is 15.1 Å². The number of ether oxygens (including phenoxy) is 1. The monoisotopic (exact) mass is 430 g/mol. The first-order valence-corrected chi connectivity index (χ1v) is 11.0. The van der Waals surface area contributed by atoms with Crippen LogP contribution in [0, 0.1) is 29.7 Å². The second-order valence-electron chi connectivity index (χ2n) is 8.60. The van der Waals surface area contributed by atoms with Gasteiger partial charge in [-0.15, -0.1) is 0 Å². The van der Waals surface area contributed by atoms with Crippen molar-refractivity contribution in [2.24, 2.45) is 0 Å². The molecule has 5 heterocycles. The van der Waals surface area contributed by atoms with Crippen molar-refractivity contribution < 1.29 is 4.74 Å². The smallest absolute Gasteiger partial charge is 0.179 e. The van der Waals surface area contributed by atoms with Crippen LogP contribution in [0.2, 0.25) is 0 Å². The summed E-state index contributed by atoms with van der Waals surface area (Å²) < 4.78 is 9.42. The normalized spacial score (nSPS) is 19.9. The second kappa shape index (κ2) is 8.18. The van der Waals surface area contributed by atoms with Crippen LogP contribution < -0.4 is 4.74 Å². The minimum absolute atomic E-state index is 0.369. The van der Waals surface area contributed by atoms with Crippen LogP contribution in [0.5, 0.6) is 5.75 Å². The van der Waals surface area contributed by atoms with E-state index in [1.54, 1.807) is 17.8 Å². The number of piperidine rings is 1. The van der Waals surface area contributed by atoms with E-state index in [1.807, 2.05) is 23.4 Å². The molecule has 0 saturated carbocycles. The molecule has 2 fully saturated rings. The van der Waals surface area contributed by atoms with E-state index >= 15 is 0 Å². The summed E-state index contributed by atoms with van der Waals surface area (Å²) in [7, 11) is 1.61. The van der Waals surface area contributed by atoms with Gasteiger partial charge in [0.15, 0.2) is 6.19 Å². The largest absolute Gasteiger partial charge is 0.494 e. The van der Waals surface area contributed by atoms with Crippen molar-refractivity contribution in [2.45, 2.75) is 38.3 Å². The average Bonchev–Trinajstić information content (AvgIpc) is 3.56. The van der Waals surface area contributed by atoms with Gasteiger partial charge in [0.2, 0.25) is 0 Å². The third-order valence-corrected chi connectivity index (χ3v) is 6.94. The van der Waals surface area contributed by atoms with Gasteiger partial charge in [0.25, 0.3) is 0 Å². The first-order chi connectivity index (χ1) is 15.6. The summed E-state index contributed by atoms with van der Waals surface area (Å²) in [5, 5.41) is 27.5. The summed E-state index contributed by atoms with van der Waals surface area (Å²) in [6.07, 6.45) is 10.9. The van der Waals surface area contributed by atoms with Crippen LogP contribution in [0.4, 0.5) is 0 Å². The van der Waals surface area contributed by atoms with Gasteiger partial charge in [-0.1, -0.05) is 0 Å². The van der Waals surface area contributed by atoms with E-state index in [0.29, 0.717) is 28.9 Å². The number of hydrogen-bond donors (Lipinski definition) is 0. The first kappa shape index (κ1) is 20.3. The summed E-state index contributed by atoms with van der Waals surface area (Å²) >= 11 is 0. The number of pyridine rings is 1. The Labute approximate surface area is 187 Å². The molecule has 0 spiro atoms. The fraction of sp³-hybridized carbons (Fsp3) is 0.478. The van der Waals surface area contributed by atoms with Crippen molar-refractivity contribution in [1.29, 1.82) is 10.5 Å². The van der Waals surface area contributed by atoms with Crippen molar-refractivity contribution in [2.75, 3.05) is 33.3 Å². The molecule has 9 heteroatoms. The van der Waals surface area contributed by atoms with Crippen molar-refractivity contribution in [1.82, 2.24) is 29.2 Å². The lowest BCUT2D eigenvalue weighted by molar-refractivity contribution is 0.134. The Morgan fingerprint density at radius 1 is 1.06 bits per heavy atom. The van der Waals surface area contributed by atoms with Crippen molar-refractivity contribution in [3.05, 3.63) is 35.9 Å². The van der Waals surface area contributed by atoms with E-state index in [0.717, 1.165) is 62.3 Å². The van der Waals surface area contributed by atoms with Crippen LogP contribution in [0.3, 0.4) is 0 Å². The molecule has 0 N–H and O–H groups in total. The number of nitrogens with zero attached hydrogens (tertiary/aromatic N) is 8. The Hall–Kier alpha value is -3.56. The molecule has 3 aromatic heterocycles. The van der Waals surface area contributed by atoms with Gasteiger partial charge in [-0.3, -0.25) is 9.58 Å². The Balaban J connectivity index is 1.36. The Morgan fingerprint density at radius 2 is 1.84 bits per heavy atom. The number of hydrogen-bond acceptors (Lipinski definition) is 7. The van der Waals surface area contributed by atoms with Crippen LogP contribution in [-0.2, 0) is 0 Å². The maximum absolute atomic E-state index is 9.34. The molecule has 1 atom stereocenters. The highest BCUT2D eigenvalue weighted by Gasteiger charge is 2.31. The zero-order valence-electron chi connectivity index (χ0n) is 18.4. The predicted octanol–water partition coefficient (Wildman–Crippen LogP) is 2.58. The number of aromatic nitrogens is 4. The molecule has 0 amide bonds. The topological polar surface area (TPSA) is 98.4 Å². The van der Waals surface area contributed by atoms with Crippen LogP contribution in [0.25, 0.3) is 16.6 Å². The zero-order chi connectivity index (χ0) is 22.2. The van der Waals surface area contributed by atoms with Gasteiger partial charge in [0.1, 0.15) is 22.9 Å². The predicted molar refractivity (Wildman–Crippen MR) is 118 cm³/mol. The third-order valence-electron chi connectivity index (χ3n) is 6.94. The fourth-order valence-electron chi connectivity index (χ4n) is 5.17. The minimum atomic E-state index is 0.369.